The number of amides is 1. The van der Waals surface area contributed by atoms with E-state index in [-0.39, 0.29) is 17.9 Å². The van der Waals surface area contributed by atoms with Crippen LogP contribution in [-0.2, 0) is 17.8 Å². The molecule has 3 rings (SSSR count). The van der Waals surface area contributed by atoms with Crippen LogP contribution in [0.1, 0.15) is 5.56 Å². The van der Waals surface area contributed by atoms with Crippen molar-refractivity contribution in [3.63, 3.8) is 0 Å². The number of carbonyl (C=O) groups is 1. The Morgan fingerprint density at radius 3 is 2.67 bits per heavy atom. The Kier molecular flexibility index (Phi) is 4.34. The smallest absolute Gasteiger partial charge is 0.246 e. The SMILES string of the molecule is N#CCc1ccc(NC(=O)Cn2ncc(=O)c3ccccc32)cc1. The summed E-state index contributed by atoms with van der Waals surface area (Å²) >= 11 is 0. The maximum Gasteiger partial charge on any atom is 0.246 e. The van der Waals surface area contributed by atoms with Gasteiger partial charge in [-0.15, -0.1) is 0 Å². The quantitative estimate of drug-likeness (QED) is 0.798. The first kappa shape index (κ1) is 15.4. The minimum atomic E-state index is -0.246. The molecular formula is C18H14N4O2. The third kappa shape index (κ3) is 3.31. The van der Waals surface area contributed by atoms with Crippen LogP contribution in [0.5, 0.6) is 0 Å². The second kappa shape index (κ2) is 6.75. The second-order valence-electron chi connectivity index (χ2n) is 5.26. The van der Waals surface area contributed by atoms with Gasteiger partial charge in [0.1, 0.15) is 6.54 Å². The zero-order valence-electron chi connectivity index (χ0n) is 12.8. The number of rotatable bonds is 4. The number of benzene rings is 2. The fraction of sp³-hybridized carbons (Fsp3) is 0.111. The molecule has 1 N–H and O–H groups in total. The molecular weight excluding hydrogens is 304 g/mol. The van der Waals surface area contributed by atoms with E-state index in [1.165, 1.54) is 10.9 Å². The van der Waals surface area contributed by atoms with E-state index in [1.54, 1.807) is 48.5 Å². The first-order valence-electron chi connectivity index (χ1n) is 7.38. The number of hydrogen-bond donors (Lipinski definition) is 1. The Balaban J connectivity index is 1.77. The summed E-state index contributed by atoms with van der Waals surface area (Å²) in [4.78, 5) is 24.0. The molecule has 0 spiro atoms. The summed E-state index contributed by atoms with van der Waals surface area (Å²) < 4.78 is 1.50. The lowest BCUT2D eigenvalue weighted by Crippen LogP contribution is -2.22. The number of nitrogens with zero attached hydrogens (tertiary/aromatic N) is 3. The van der Waals surface area contributed by atoms with Gasteiger partial charge in [-0.25, -0.2) is 0 Å². The van der Waals surface area contributed by atoms with Crippen molar-refractivity contribution in [1.29, 1.82) is 5.26 Å². The molecule has 0 radical (unpaired) electrons. The van der Waals surface area contributed by atoms with Crippen LogP contribution >= 0.6 is 0 Å². The van der Waals surface area contributed by atoms with Crippen molar-refractivity contribution in [1.82, 2.24) is 9.78 Å². The molecule has 6 nitrogen and oxygen atoms in total. The summed E-state index contributed by atoms with van der Waals surface area (Å²) in [6.07, 6.45) is 1.55. The molecule has 2 aromatic carbocycles. The van der Waals surface area contributed by atoms with E-state index in [1.807, 2.05) is 0 Å². The summed E-state index contributed by atoms with van der Waals surface area (Å²) in [7, 11) is 0. The molecule has 3 aromatic rings. The molecule has 0 fully saturated rings. The van der Waals surface area contributed by atoms with E-state index >= 15 is 0 Å². The molecule has 0 atom stereocenters. The van der Waals surface area contributed by atoms with Crippen molar-refractivity contribution < 1.29 is 4.79 Å². The van der Waals surface area contributed by atoms with Gasteiger partial charge >= 0.3 is 0 Å². The third-order valence-corrected chi connectivity index (χ3v) is 3.58. The lowest BCUT2D eigenvalue weighted by Gasteiger charge is -2.10. The van der Waals surface area contributed by atoms with Crippen LogP contribution in [0.4, 0.5) is 5.69 Å². The largest absolute Gasteiger partial charge is 0.324 e. The fourth-order valence-corrected chi connectivity index (χ4v) is 2.42. The first-order chi connectivity index (χ1) is 11.7. The summed E-state index contributed by atoms with van der Waals surface area (Å²) in [5, 5.41) is 16.0. The molecule has 0 saturated heterocycles. The number of fused-ring (bicyclic) bond motifs is 1. The maximum atomic E-state index is 12.2. The zero-order chi connectivity index (χ0) is 16.9. The van der Waals surface area contributed by atoms with Gasteiger partial charge in [0, 0.05) is 11.1 Å². The topological polar surface area (TPSA) is 87.8 Å². The molecule has 0 aliphatic carbocycles. The average molecular weight is 318 g/mol. The number of aromatic nitrogens is 2. The molecule has 0 unspecified atom stereocenters. The normalized spacial score (nSPS) is 10.3. The minimum Gasteiger partial charge on any atom is -0.324 e. The second-order valence-corrected chi connectivity index (χ2v) is 5.26. The van der Waals surface area contributed by atoms with E-state index in [9.17, 15) is 9.59 Å². The Morgan fingerprint density at radius 1 is 1.17 bits per heavy atom. The van der Waals surface area contributed by atoms with Crippen LogP contribution in [0.3, 0.4) is 0 Å². The maximum absolute atomic E-state index is 12.2. The molecule has 0 bridgehead atoms. The van der Waals surface area contributed by atoms with Crippen molar-refractivity contribution in [2.75, 3.05) is 5.32 Å². The first-order valence-corrected chi connectivity index (χ1v) is 7.38. The van der Waals surface area contributed by atoms with E-state index in [0.29, 0.717) is 23.0 Å². The predicted molar refractivity (Wildman–Crippen MR) is 90.4 cm³/mol. The van der Waals surface area contributed by atoms with Gasteiger partial charge in [-0.2, -0.15) is 10.4 Å². The Morgan fingerprint density at radius 2 is 1.92 bits per heavy atom. The highest BCUT2D eigenvalue weighted by Gasteiger charge is 2.08. The van der Waals surface area contributed by atoms with Crippen molar-refractivity contribution in [3.05, 3.63) is 70.5 Å². The number of carbonyl (C=O) groups excluding carboxylic acids is 1. The van der Waals surface area contributed by atoms with Crippen LogP contribution in [-0.4, -0.2) is 15.7 Å². The highest BCUT2D eigenvalue weighted by atomic mass is 16.2. The highest BCUT2D eigenvalue weighted by Crippen LogP contribution is 2.11. The molecule has 1 aromatic heterocycles. The van der Waals surface area contributed by atoms with Crippen LogP contribution in [0.15, 0.2) is 59.5 Å². The van der Waals surface area contributed by atoms with E-state index in [4.69, 9.17) is 5.26 Å². The number of hydrogen-bond acceptors (Lipinski definition) is 4. The third-order valence-electron chi connectivity index (χ3n) is 3.58. The van der Waals surface area contributed by atoms with Crippen LogP contribution < -0.4 is 10.7 Å². The van der Waals surface area contributed by atoms with Crippen molar-refractivity contribution >= 4 is 22.5 Å². The molecule has 0 aliphatic rings. The van der Waals surface area contributed by atoms with Gasteiger partial charge in [-0.1, -0.05) is 24.3 Å². The van der Waals surface area contributed by atoms with E-state index in [2.05, 4.69) is 16.5 Å². The summed E-state index contributed by atoms with van der Waals surface area (Å²) in [5.74, 6) is -0.246. The van der Waals surface area contributed by atoms with Crippen LogP contribution in [0.2, 0.25) is 0 Å². The van der Waals surface area contributed by atoms with Gasteiger partial charge in [0.15, 0.2) is 0 Å². The van der Waals surface area contributed by atoms with Crippen LogP contribution in [0.25, 0.3) is 10.9 Å². The van der Waals surface area contributed by atoms with Gasteiger partial charge in [-0.05, 0) is 29.8 Å². The summed E-state index contributed by atoms with van der Waals surface area (Å²) in [5.41, 5.74) is 1.98. The molecule has 24 heavy (non-hydrogen) atoms. The monoisotopic (exact) mass is 318 g/mol. The zero-order valence-corrected chi connectivity index (χ0v) is 12.8. The van der Waals surface area contributed by atoms with Crippen molar-refractivity contribution in [2.24, 2.45) is 0 Å². The predicted octanol–water partition coefficient (Wildman–Crippen LogP) is 2.10. The van der Waals surface area contributed by atoms with Gasteiger partial charge in [0.05, 0.1) is 24.2 Å². The molecule has 6 heteroatoms. The van der Waals surface area contributed by atoms with Crippen molar-refractivity contribution in [2.45, 2.75) is 13.0 Å². The number of para-hydroxylation sites is 1. The number of nitriles is 1. The molecule has 0 saturated carbocycles. The Labute approximate surface area is 138 Å². The van der Waals surface area contributed by atoms with Gasteiger partial charge in [-0.3, -0.25) is 14.3 Å². The lowest BCUT2D eigenvalue weighted by atomic mass is 10.1. The van der Waals surface area contributed by atoms with Crippen LogP contribution in [0, 0.1) is 11.3 Å². The molecule has 0 aliphatic heterocycles. The molecule has 1 heterocycles. The fourth-order valence-electron chi connectivity index (χ4n) is 2.42. The van der Waals surface area contributed by atoms with Gasteiger partial charge in [0.2, 0.25) is 11.3 Å². The Bertz CT molecular complexity index is 984. The average Bonchev–Trinajstić information content (AvgIpc) is 2.60. The van der Waals surface area contributed by atoms with E-state index < -0.39 is 0 Å². The van der Waals surface area contributed by atoms with Gasteiger partial charge < -0.3 is 5.32 Å². The molecule has 118 valence electrons. The lowest BCUT2D eigenvalue weighted by molar-refractivity contribution is -0.116. The summed E-state index contributed by atoms with van der Waals surface area (Å²) in [6, 6.07) is 16.2. The Hall–Kier alpha value is -3.46. The van der Waals surface area contributed by atoms with E-state index in [0.717, 1.165) is 5.56 Å². The number of nitrogens with one attached hydrogen (secondary N) is 1. The molecule has 1 amide bonds. The summed E-state index contributed by atoms with van der Waals surface area (Å²) in [6.45, 7) is 0.000734. The van der Waals surface area contributed by atoms with Crippen molar-refractivity contribution in [3.8, 4) is 6.07 Å². The van der Waals surface area contributed by atoms with Gasteiger partial charge in [0.25, 0.3) is 0 Å². The minimum absolute atomic E-state index is 0.000734. The standard InChI is InChI=1S/C18H14N4O2/c19-10-9-13-5-7-14(8-6-13)21-18(24)12-22-16-4-2-1-3-15(16)17(23)11-20-22/h1-8,11H,9,12H2,(H,21,24). The highest BCUT2D eigenvalue weighted by molar-refractivity contribution is 5.91. The number of anilines is 1.